The summed E-state index contributed by atoms with van der Waals surface area (Å²) in [5.41, 5.74) is 2.17. The molecule has 1 aliphatic carbocycles. The molecule has 0 aliphatic heterocycles. The van der Waals surface area contributed by atoms with E-state index in [1.807, 2.05) is 42.5 Å². The molecule has 22 heavy (non-hydrogen) atoms. The van der Waals surface area contributed by atoms with Crippen LogP contribution in [0.2, 0.25) is 0 Å². The number of carbonyl (C=O) groups is 1. The zero-order chi connectivity index (χ0) is 15.4. The molecule has 3 heteroatoms. The van der Waals surface area contributed by atoms with Crippen LogP contribution in [0, 0.1) is 5.92 Å². The van der Waals surface area contributed by atoms with Crippen molar-refractivity contribution in [1.29, 1.82) is 0 Å². The van der Waals surface area contributed by atoms with E-state index in [2.05, 4.69) is 17.4 Å². The normalized spacial score (nSPS) is 15.1. The minimum atomic E-state index is 0.0639. The van der Waals surface area contributed by atoms with Crippen molar-refractivity contribution in [3.05, 3.63) is 65.7 Å². The maximum atomic E-state index is 12.4. The first-order valence-corrected chi connectivity index (χ1v) is 7.73. The molecule has 0 bridgehead atoms. The molecule has 0 spiro atoms. The first-order chi connectivity index (χ1) is 10.8. The maximum absolute atomic E-state index is 12.4. The molecule has 1 N–H and O–H groups in total. The van der Waals surface area contributed by atoms with Gasteiger partial charge in [0.25, 0.3) is 0 Å². The van der Waals surface area contributed by atoms with Crippen molar-refractivity contribution in [2.24, 2.45) is 5.92 Å². The minimum absolute atomic E-state index is 0.0639. The standard InChI is InChI=1S/C19H21NO2/c1-22-17-9-5-6-14(12-17)13-18(21)20-19(16-10-11-16)15-7-3-2-4-8-15/h2-9,12,16,19H,10-11,13H2,1H3,(H,20,21)/t19-/m0/s1. The van der Waals surface area contributed by atoms with Gasteiger partial charge in [-0.15, -0.1) is 0 Å². The Morgan fingerprint density at radius 2 is 1.95 bits per heavy atom. The van der Waals surface area contributed by atoms with Crippen LogP contribution in [0.25, 0.3) is 0 Å². The Balaban J connectivity index is 1.66. The summed E-state index contributed by atoms with van der Waals surface area (Å²) in [6, 6.07) is 18.0. The quantitative estimate of drug-likeness (QED) is 0.885. The van der Waals surface area contributed by atoms with Gasteiger partial charge in [-0.3, -0.25) is 4.79 Å². The van der Waals surface area contributed by atoms with Crippen molar-refractivity contribution in [3.63, 3.8) is 0 Å². The Morgan fingerprint density at radius 1 is 1.18 bits per heavy atom. The van der Waals surface area contributed by atoms with Gasteiger partial charge in [0, 0.05) is 0 Å². The molecule has 0 saturated heterocycles. The predicted octanol–water partition coefficient (Wildman–Crippen LogP) is 3.51. The number of nitrogens with one attached hydrogen (secondary N) is 1. The number of benzene rings is 2. The van der Waals surface area contributed by atoms with Crippen molar-refractivity contribution < 1.29 is 9.53 Å². The average molecular weight is 295 g/mol. The van der Waals surface area contributed by atoms with E-state index >= 15 is 0 Å². The summed E-state index contributed by atoms with van der Waals surface area (Å²) in [6.07, 6.45) is 2.77. The van der Waals surface area contributed by atoms with Gasteiger partial charge in [0.2, 0.25) is 5.91 Å². The number of rotatable bonds is 6. The maximum Gasteiger partial charge on any atom is 0.224 e. The second kappa shape index (κ2) is 6.65. The molecule has 1 saturated carbocycles. The Kier molecular flexibility index (Phi) is 4.42. The van der Waals surface area contributed by atoms with Gasteiger partial charge in [-0.05, 0) is 42.0 Å². The molecular weight excluding hydrogens is 274 g/mol. The van der Waals surface area contributed by atoms with Crippen LogP contribution in [0.4, 0.5) is 0 Å². The van der Waals surface area contributed by atoms with Gasteiger partial charge in [0.15, 0.2) is 0 Å². The Bertz CT molecular complexity index is 635. The van der Waals surface area contributed by atoms with Crippen LogP contribution in [-0.2, 0) is 11.2 Å². The van der Waals surface area contributed by atoms with Gasteiger partial charge in [0.05, 0.1) is 19.6 Å². The number of hydrogen-bond acceptors (Lipinski definition) is 2. The van der Waals surface area contributed by atoms with Gasteiger partial charge >= 0.3 is 0 Å². The molecule has 2 aromatic carbocycles. The van der Waals surface area contributed by atoms with Gasteiger partial charge in [-0.25, -0.2) is 0 Å². The fourth-order valence-electron chi connectivity index (χ4n) is 2.76. The highest BCUT2D eigenvalue weighted by Gasteiger charge is 2.33. The summed E-state index contributed by atoms with van der Waals surface area (Å²) in [5, 5.41) is 3.20. The number of ether oxygens (including phenoxy) is 1. The fraction of sp³-hybridized carbons (Fsp3) is 0.316. The van der Waals surface area contributed by atoms with Crippen LogP contribution >= 0.6 is 0 Å². The van der Waals surface area contributed by atoms with Crippen molar-refractivity contribution in [2.45, 2.75) is 25.3 Å². The van der Waals surface area contributed by atoms with Gasteiger partial charge in [-0.1, -0.05) is 42.5 Å². The number of amides is 1. The molecule has 2 aromatic rings. The SMILES string of the molecule is COc1cccc(CC(=O)N[C@@H](c2ccccc2)C2CC2)c1. The Labute approximate surface area is 131 Å². The Hall–Kier alpha value is -2.29. The molecule has 114 valence electrons. The lowest BCUT2D eigenvalue weighted by atomic mass is 10.0. The third-order valence-corrected chi connectivity index (χ3v) is 4.07. The monoisotopic (exact) mass is 295 g/mol. The van der Waals surface area contributed by atoms with E-state index in [-0.39, 0.29) is 11.9 Å². The topological polar surface area (TPSA) is 38.3 Å². The molecule has 3 rings (SSSR count). The van der Waals surface area contributed by atoms with Crippen molar-refractivity contribution >= 4 is 5.91 Å². The van der Waals surface area contributed by atoms with Crippen LogP contribution < -0.4 is 10.1 Å². The summed E-state index contributed by atoms with van der Waals surface area (Å²) in [5.74, 6) is 1.43. The highest BCUT2D eigenvalue weighted by molar-refractivity contribution is 5.79. The lowest BCUT2D eigenvalue weighted by Gasteiger charge is -2.19. The molecule has 1 aliphatic rings. The van der Waals surface area contributed by atoms with Crippen LogP contribution in [0.15, 0.2) is 54.6 Å². The summed E-state index contributed by atoms with van der Waals surface area (Å²) in [7, 11) is 1.64. The number of hydrogen-bond donors (Lipinski definition) is 1. The molecule has 0 aromatic heterocycles. The Morgan fingerprint density at radius 3 is 2.64 bits per heavy atom. The van der Waals surface area contributed by atoms with Crippen LogP contribution in [-0.4, -0.2) is 13.0 Å². The van der Waals surface area contributed by atoms with Gasteiger partial charge in [0.1, 0.15) is 5.75 Å². The zero-order valence-electron chi connectivity index (χ0n) is 12.8. The van der Waals surface area contributed by atoms with Crippen LogP contribution in [0.3, 0.4) is 0 Å². The van der Waals surface area contributed by atoms with E-state index in [0.29, 0.717) is 12.3 Å². The lowest BCUT2D eigenvalue weighted by molar-refractivity contribution is -0.121. The molecule has 1 amide bonds. The summed E-state index contributed by atoms with van der Waals surface area (Å²) in [6.45, 7) is 0. The molecule has 0 heterocycles. The van der Waals surface area contributed by atoms with E-state index in [0.717, 1.165) is 11.3 Å². The molecule has 1 atom stereocenters. The summed E-state index contributed by atoms with van der Waals surface area (Å²) >= 11 is 0. The second-order valence-electron chi connectivity index (χ2n) is 5.82. The molecule has 0 radical (unpaired) electrons. The van der Waals surface area contributed by atoms with Gasteiger partial charge < -0.3 is 10.1 Å². The summed E-state index contributed by atoms with van der Waals surface area (Å²) in [4.78, 5) is 12.4. The number of methoxy groups -OCH3 is 1. The third kappa shape index (κ3) is 3.67. The van der Waals surface area contributed by atoms with E-state index < -0.39 is 0 Å². The highest BCUT2D eigenvalue weighted by Crippen LogP contribution is 2.40. The van der Waals surface area contributed by atoms with Crippen molar-refractivity contribution in [3.8, 4) is 5.75 Å². The zero-order valence-corrected chi connectivity index (χ0v) is 12.8. The molecule has 0 unspecified atom stereocenters. The largest absolute Gasteiger partial charge is 0.497 e. The van der Waals surface area contributed by atoms with Crippen molar-refractivity contribution in [1.82, 2.24) is 5.32 Å². The summed E-state index contributed by atoms with van der Waals surface area (Å²) < 4.78 is 5.20. The second-order valence-corrected chi connectivity index (χ2v) is 5.82. The van der Waals surface area contributed by atoms with E-state index in [1.165, 1.54) is 18.4 Å². The first kappa shape index (κ1) is 14.6. The molecule has 1 fully saturated rings. The highest BCUT2D eigenvalue weighted by atomic mass is 16.5. The van der Waals surface area contributed by atoms with E-state index in [1.54, 1.807) is 7.11 Å². The number of carbonyl (C=O) groups excluding carboxylic acids is 1. The molecule has 3 nitrogen and oxygen atoms in total. The fourth-order valence-corrected chi connectivity index (χ4v) is 2.76. The first-order valence-electron chi connectivity index (χ1n) is 7.73. The van der Waals surface area contributed by atoms with Crippen molar-refractivity contribution in [2.75, 3.05) is 7.11 Å². The third-order valence-electron chi connectivity index (χ3n) is 4.07. The minimum Gasteiger partial charge on any atom is -0.497 e. The van der Waals surface area contributed by atoms with Gasteiger partial charge in [-0.2, -0.15) is 0 Å². The smallest absolute Gasteiger partial charge is 0.224 e. The van der Waals surface area contributed by atoms with Crippen LogP contribution in [0.5, 0.6) is 5.75 Å². The van der Waals surface area contributed by atoms with E-state index in [4.69, 9.17) is 4.74 Å². The average Bonchev–Trinajstić information content (AvgIpc) is 3.38. The van der Waals surface area contributed by atoms with Crippen LogP contribution in [0.1, 0.15) is 30.0 Å². The predicted molar refractivity (Wildman–Crippen MR) is 86.7 cm³/mol. The van der Waals surface area contributed by atoms with E-state index in [9.17, 15) is 4.79 Å². The lowest BCUT2D eigenvalue weighted by Crippen LogP contribution is -2.31. The molecular formula is C19H21NO2.